The molecule has 0 amide bonds. The monoisotopic (exact) mass is 307 g/mol. The van der Waals surface area contributed by atoms with Crippen molar-refractivity contribution >= 4 is 17.7 Å². The number of benzene rings is 2. The average Bonchev–Trinajstić information content (AvgIpc) is 2.60. The van der Waals surface area contributed by atoms with Crippen LogP contribution in [0.25, 0.3) is 6.08 Å². The normalized spacial score (nSPS) is 16.3. The van der Waals surface area contributed by atoms with E-state index in [2.05, 4.69) is 43.4 Å². The number of fused-ring (bicyclic) bond motifs is 1. The van der Waals surface area contributed by atoms with E-state index in [1.807, 2.05) is 30.3 Å². The topological polar surface area (TPSA) is 38.3 Å². The third-order valence-corrected chi connectivity index (χ3v) is 4.25. The van der Waals surface area contributed by atoms with Crippen LogP contribution in [0.15, 0.2) is 54.1 Å². The van der Waals surface area contributed by atoms with Gasteiger partial charge in [-0.15, -0.1) is 0 Å². The summed E-state index contributed by atoms with van der Waals surface area (Å²) in [5.41, 5.74) is 5.42. The van der Waals surface area contributed by atoms with Gasteiger partial charge < -0.3 is 10.1 Å². The Morgan fingerprint density at radius 3 is 2.43 bits per heavy atom. The minimum absolute atomic E-state index is 0.122. The molecule has 3 nitrogen and oxygen atoms in total. The molecule has 118 valence electrons. The fourth-order valence-corrected chi connectivity index (χ4v) is 2.96. The molecule has 3 rings (SSSR count). The summed E-state index contributed by atoms with van der Waals surface area (Å²) in [5.74, 6) is 0.124. The highest BCUT2D eigenvalue weighted by atomic mass is 16.5. The Bertz CT molecular complexity index is 744. The molecule has 0 saturated heterocycles. The molecule has 1 unspecified atom stereocenters. The van der Waals surface area contributed by atoms with Crippen LogP contribution in [0.5, 0.6) is 0 Å². The summed E-state index contributed by atoms with van der Waals surface area (Å²) in [4.78, 5) is 11.6. The van der Waals surface area contributed by atoms with Crippen LogP contribution in [0.1, 0.15) is 41.4 Å². The number of anilines is 1. The molecule has 0 radical (unpaired) electrons. The molecule has 1 atom stereocenters. The maximum atomic E-state index is 11.6. The van der Waals surface area contributed by atoms with Gasteiger partial charge in [0.2, 0.25) is 0 Å². The van der Waals surface area contributed by atoms with Gasteiger partial charge >= 0.3 is 5.97 Å². The van der Waals surface area contributed by atoms with Gasteiger partial charge in [-0.1, -0.05) is 50.3 Å². The van der Waals surface area contributed by atoms with Crippen molar-refractivity contribution in [3.63, 3.8) is 0 Å². The zero-order valence-corrected chi connectivity index (χ0v) is 13.7. The van der Waals surface area contributed by atoms with Crippen LogP contribution >= 0.6 is 0 Å². The van der Waals surface area contributed by atoms with Crippen molar-refractivity contribution in [3.8, 4) is 0 Å². The lowest BCUT2D eigenvalue weighted by Crippen LogP contribution is -2.20. The first-order valence-corrected chi connectivity index (χ1v) is 7.85. The van der Waals surface area contributed by atoms with Gasteiger partial charge in [-0.2, -0.15) is 0 Å². The standard InChI is InChI=1S/C20H21NO2/c1-13(2)17-12-16-6-4-5-7-18(16)21-19(17)14-8-10-15(11-9-14)20(22)23-3/h4-13,19,21H,1-3H3. The molecule has 0 bridgehead atoms. The quantitative estimate of drug-likeness (QED) is 0.837. The summed E-state index contributed by atoms with van der Waals surface area (Å²) < 4.78 is 4.76. The second-order valence-corrected chi connectivity index (χ2v) is 6.08. The van der Waals surface area contributed by atoms with E-state index in [1.54, 1.807) is 0 Å². The van der Waals surface area contributed by atoms with Gasteiger partial charge in [-0.3, -0.25) is 0 Å². The van der Waals surface area contributed by atoms with Crippen LogP contribution in [-0.2, 0) is 4.74 Å². The van der Waals surface area contributed by atoms with Crippen LogP contribution in [0.2, 0.25) is 0 Å². The van der Waals surface area contributed by atoms with Crippen molar-refractivity contribution in [1.82, 2.24) is 0 Å². The number of ether oxygens (including phenoxy) is 1. The molecular formula is C20H21NO2. The molecule has 23 heavy (non-hydrogen) atoms. The van der Waals surface area contributed by atoms with Gasteiger partial charge in [0.05, 0.1) is 18.7 Å². The second kappa shape index (κ2) is 6.29. The summed E-state index contributed by atoms with van der Waals surface area (Å²) in [6.45, 7) is 4.41. The molecular weight excluding hydrogens is 286 g/mol. The second-order valence-electron chi connectivity index (χ2n) is 6.08. The molecule has 0 spiro atoms. The van der Waals surface area contributed by atoms with Crippen LogP contribution in [0.3, 0.4) is 0 Å². The van der Waals surface area contributed by atoms with E-state index in [-0.39, 0.29) is 12.0 Å². The number of carbonyl (C=O) groups is 1. The fraction of sp³-hybridized carbons (Fsp3) is 0.250. The number of hydrogen-bond donors (Lipinski definition) is 1. The maximum Gasteiger partial charge on any atom is 0.337 e. The zero-order chi connectivity index (χ0) is 16.4. The van der Waals surface area contributed by atoms with Crippen LogP contribution in [0.4, 0.5) is 5.69 Å². The van der Waals surface area contributed by atoms with Crippen LogP contribution < -0.4 is 5.32 Å². The van der Waals surface area contributed by atoms with Gasteiger partial charge in [-0.25, -0.2) is 4.79 Å². The minimum Gasteiger partial charge on any atom is -0.465 e. The van der Waals surface area contributed by atoms with Gasteiger partial charge in [0, 0.05) is 5.69 Å². The first kappa shape index (κ1) is 15.3. The van der Waals surface area contributed by atoms with E-state index < -0.39 is 0 Å². The molecule has 1 N–H and O–H groups in total. The Kier molecular flexibility index (Phi) is 4.20. The highest BCUT2D eigenvalue weighted by Gasteiger charge is 2.24. The molecule has 2 aromatic rings. The van der Waals surface area contributed by atoms with Gasteiger partial charge in [0.1, 0.15) is 0 Å². The lowest BCUT2D eigenvalue weighted by molar-refractivity contribution is 0.0600. The molecule has 1 heterocycles. The number of rotatable bonds is 3. The highest BCUT2D eigenvalue weighted by Crippen LogP contribution is 2.38. The molecule has 2 aromatic carbocycles. The molecule has 1 aliphatic heterocycles. The average molecular weight is 307 g/mol. The van der Waals surface area contributed by atoms with E-state index in [9.17, 15) is 4.79 Å². The summed E-state index contributed by atoms with van der Waals surface area (Å²) in [5, 5.41) is 3.62. The van der Waals surface area contributed by atoms with Crippen LogP contribution in [-0.4, -0.2) is 13.1 Å². The van der Waals surface area contributed by atoms with Crippen molar-refractivity contribution in [2.45, 2.75) is 19.9 Å². The number of carbonyl (C=O) groups excluding carboxylic acids is 1. The van der Waals surface area contributed by atoms with E-state index in [0.717, 1.165) is 11.3 Å². The third-order valence-electron chi connectivity index (χ3n) is 4.25. The van der Waals surface area contributed by atoms with E-state index in [0.29, 0.717) is 11.5 Å². The maximum absolute atomic E-state index is 11.6. The molecule has 0 aromatic heterocycles. The number of nitrogens with one attached hydrogen (secondary N) is 1. The molecule has 3 heteroatoms. The number of para-hydroxylation sites is 1. The summed E-state index contributed by atoms with van der Waals surface area (Å²) in [6.07, 6.45) is 2.27. The largest absolute Gasteiger partial charge is 0.465 e. The van der Waals surface area contributed by atoms with Crippen molar-refractivity contribution in [2.75, 3.05) is 12.4 Å². The lowest BCUT2D eigenvalue weighted by atomic mass is 9.86. The fourth-order valence-electron chi connectivity index (χ4n) is 2.96. The van der Waals surface area contributed by atoms with Crippen molar-refractivity contribution in [2.24, 2.45) is 5.92 Å². The zero-order valence-electron chi connectivity index (χ0n) is 13.7. The molecule has 0 fully saturated rings. The minimum atomic E-state index is -0.307. The van der Waals surface area contributed by atoms with E-state index in [1.165, 1.54) is 18.2 Å². The van der Waals surface area contributed by atoms with Gasteiger partial charge in [0.25, 0.3) is 0 Å². The predicted molar refractivity (Wildman–Crippen MR) is 93.4 cm³/mol. The third kappa shape index (κ3) is 3.00. The van der Waals surface area contributed by atoms with E-state index in [4.69, 9.17) is 4.74 Å². The first-order valence-electron chi connectivity index (χ1n) is 7.85. The highest BCUT2D eigenvalue weighted by molar-refractivity contribution is 5.89. The van der Waals surface area contributed by atoms with Gasteiger partial charge in [-0.05, 0) is 40.8 Å². The Morgan fingerprint density at radius 2 is 1.78 bits per heavy atom. The SMILES string of the molecule is COC(=O)c1ccc(C2Nc3ccccc3C=C2C(C)C)cc1. The summed E-state index contributed by atoms with van der Waals surface area (Å²) in [6, 6.07) is 16.1. The predicted octanol–water partition coefficient (Wildman–Crippen LogP) is 4.68. The Labute approximate surface area is 137 Å². The molecule has 1 aliphatic rings. The van der Waals surface area contributed by atoms with Gasteiger partial charge in [0.15, 0.2) is 0 Å². The summed E-state index contributed by atoms with van der Waals surface area (Å²) in [7, 11) is 1.40. The molecule has 0 aliphatic carbocycles. The van der Waals surface area contributed by atoms with Crippen molar-refractivity contribution < 1.29 is 9.53 Å². The van der Waals surface area contributed by atoms with Crippen molar-refractivity contribution in [3.05, 3.63) is 70.8 Å². The smallest absolute Gasteiger partial charge is 0.337 e. The number of methoxy groups -OCH3 is 1. The lowest BCUT2D eigenvalue weighted by Gasteiger charge is -2.31. The Hall–Kier alpha value is -2.55. The Balaban J connectivity index is 1.97. The summed E-state index contributed by atoms with van der Waals surface area (Å²) >= 11 is 0. The van der Waals surface area contributed by atoms with Crippen molar-refractivity contribution in [1.29, 1.82) is 0 Å². The number of hydrogen-bond acceptors (Lipinski definition) is 3. The van der Waals surface area contributed by atoms with E-state index >= 15 is 0 Å². The molecule has 0 saturated carbocycles. The Morgan fingerprint density at radius 1 is 1.09 bits per heavy atom. The first-order chi connectivity index (χ1) is 11.1. The van der Waals surface area contributed by atoms with Crippen LogP contribution in [0, 0.1) is 5.92 Å². The number of esters is 1.